The number of amides is 1. The van der Waals surface area contributed by atoms with Gasteiger partial charge in [0.15, 0.2) is 0 Å². The molecule has 100 valence electrons. The minimum atomic E-state index is -0.523. The lowest BCUT2D eigenvalue weighted by molar-refractivity contribution is 0.0636. The lowest BCUT2D eigenvalue weighted by atomic mass is 10.1. The van der Waals surface area contributed by atoms with E-state index in [0.717, 1.165) is 10.0 Å². The highest BCUT2D eigenvalue weighted by Crippen LogP contribution is 2.26. The maximum absolute atomic E-state index is 11.7. The lowest BCUT2D eigenvalue weighted by Gasteiger charge is -2.21. The van der Waals surface area contributed by atoms with Crippen molar-refractivity contribution < 1.29 is 9.53 Å². The number of ether oxygens (including phenoxy) is 1. The van der Waals surface area contributed by atoms with Crippen LogP contribution in [-0.2, 0) is 4.74 Å². The molecule has 0 heterocycles. The molecule has 0 bridgehead atoms. The molecule has 4 nitrogen and oxygen atoms in total. The van der Waals surface area contributed by atoms with Crippen molar-refractivity contribution in [2.45, 2.75) is 39.3 Å². The summed E-state index contributed by atoms with van der Waals surface area (Å²) < 4.78 is 6.08. The van der Waals surface area contributed by atoms with E-state index in [-0.39, 0.29) is 6.04 Å². The summed E-state index contributed by atoms with van der Waals surface area (Å²) in [6, 6.07) is 5.41. The Morgan fingerprint density at radius 2 is 2.06 bits per heavy atom. The topological polar surface area (TPSA) is 64.3 Å². The standard InChI is InChI=1S/C13H19BrN2O2/c1-8(15)10-6-5-9(14)7-11(10)16-12(17)18-13(2,3)4/h5-8H,15H2,1-4H3,(H,16,17)/t8-/m0/s1. The van der Waals surface area contributed by atoms with Crippen LogP contribution in [0.25, 0.3) is 0 Å². The van der Waals surface area contributed by atoms with Crippen molar-refractivity contribution >= 4 is 27.7 Å². The van der Waals surface area contributed by atoms with Gasteiger partial charge in [-0.2, -0.15) is 0 Å². The summed E-state index contributed by atoms with van der Waals surface area (Å²) in [6.07, 6.45) is -0.484. The van der Waals surface area contributed by atoms with Gasteiger partial charge in [-0.15, -0.1) is 0 Å². The lowest BCUT2D eigenvalue weighted by Crippen LogP contribution is -2.27. The highest BCUT2D eigenvalue weighted by molar-refractivity contribution is 9.10. The summed E-state index contributed by atoms with van der Waals surface area (Å²) in [4.78, 5) is 11.7. The molecule has 1 amide bonds. The molecule has 3 N–H and O–H groups in total. The number of halogens is 1. The number of hydrogen-bond acceptors (Lipinski definition) is 3. The third kappa shape index (κ3) is 4.66. The minimum Gasteiger partial charge on any atom is -0.444 e. The van der Waals surface area contributed by atoms with Crippen LogP contribution in [-0.4, -0.2) is 11.7 Å². The van der Waals surface area contributed by atoms with Crippen molar-refractivity contribution in [2.24, 2.45) is 5.73 Å². The van der Waals surface area contributed by atoms with Crippen molar-refractivity contribution in [1.29, 1.82) is 0 Å². The third-order valence-electron chi connectivity index (χ3n) is 2.14. The zero-order chi connectivity index (χ0) is 13.9. The summed E-state index contributed by atoms with van der Waals surface area (Å²) in [5.41, 5.74) is 6.86. The molecule has 0 aliphatic heterocycles. The zero-order valence-corrected chi connectivity index (χ0v) is 12.7. The molecular weight excluding hydrogens is 296 g/mol. The van der Waals surface area contributed by atoms with E-state index in [4.69, 9.17) is 10.5 Å². The maximum Gasteiger partial charge on any atom is 0.412 e. The van der Waals surface area contributed by atoms with E-state index in [9.17, 15) is 4.79 Å². The summed E-state index contributed by atoms with van der Waals surface area (Å²) in [5.74, 6) is 0. The smallest absolute Gasteiger partial charge is 0.412 e. The minimum absolute atomic E-state index is 0.164. The van der Waals surface area contributed by atoms with Crippen molar-refractivity contribution in [1.82, 2.24) is 0 Å². The molecule has 0 fully saturated rings. The molecule has 1 atom stereocenters. The fourth-order valence-corrected chi connectivity index (χ4v) is 1.81. The Labute approximate surface area is 116 Å². The molecule has 0 spiro atoms. The average molecular weight is 315 g/mol. The van der Waals surface area contributed by atoms with E-state index < -0.39 is 11.7 Å². The number of carbonyl (C=O) groups is 1. The van der Waals surface area contributed by atoms with Crippen molar-refractivity contribution in [3.63, 3.8) is 0 Å². The van der Waals surface area contributed by atoms with Gasteiger partial charge in [0.05, 0.1) is 0 Å². The van der Waals surface area contributed by atoms with Gasteiger partial charge in [-0.1, -0.05) is 22.0 Å². The second-order valence-electron chi connectivity index (χ2n) is 5.15. The van der Waals surface area contributed by atoms with Crippen LogP contribution in [0.2, 0.25) is 0 Å². The summed E-state index contributed by atoms with van der Waals surface area (Å²) >= 11 is 3.36. The van der Waals surface area contributed by atoms with Crippen molar-refractivity contribution in [3.8, 4) is 0 Å². The molecule has 0 unspecified atom stereocenters. The van der Waals surface area contributed by atoms with Crippen LogP contribution < -0.4 is 11.1 Å². The van der Waals surface area contributed by atoms with Crippen molar-refractivity contribution in [3.05, 3.63) is 28.2 Å². The number of nitrogens with two attached hydrogens (primary N) is 1. The zero-order valence-electron chi connectivity index (χ0n) is 11.1. The second kappa shape index (κ2) is 5.71. The molecule has 1 rings (SSSR count). The number of hydrogen-bond donors (Lipinski definition) is 2. The number of benzene rings is 1. The molecule has 0 radical (unpaired) electrons. The van der Waals surface area contributed by atoms with Gasteiger partial charge in [0.2, 0.25) is 0 Å². The number of anilines is 1. The Balaban J connectivity index is 2.89. The fraction of sp³-hybridized carbons (Fsp3) is 0.462. The van der Waals surface area contributed by atoms with Gasteiger partial charge in [0, 0.05) is 16.2 Å². The van der Waals surface area contributed by atoms with Gasteiger partial charge in [-0.25, -0.2) is 4.79 Å². The van der Waals surface area contributed by atoms with Crippen LogP contribution >= 0.6 is 15.9 Å². The predicted octanol–water partition coefficient (Wildman–Crippen LogP) is 3.82. The number of nitrogens with one attached hydrogen (secondary N) is 1. The van der Waals surface area contributed by atoms with E-state index >= 15 is 0 Å². The van der Waals surface area contributed by atoms with Crippen LogP contribution in [0.5, 0.6) is 0 Å². The van der Waals surface area contributed by atoms with Gasteiger partial charge in [-0.3, -0.25) is 5.32 Å². The van der Waals surface area contributed by atoms with Crippen LogP contribution in [0.1, 0.15) is 39.3 Å². The van der Waals surface area contributed by atoms with Crippen LogP contribution in [0.15, 0.2) is 22.7 Å². The molecule has 0 aliphatic carbocycles. The monoisotopic (exact) mass is 314 g/mol. The molecule has 1 aromatic carbocycles. The van der Waals surface area contributed by atoms with Gasteiger partial charge in [0.25, 0.3) is 0 Å². The Morgan fingerprint density at radius 1 is 1.44 bits per heavy atom. The highest BCUT2D eigenvalue weighted by Gasteiger charge is 2.18. The van der Waals surface area contributed by atoms with Gasteiger partial charge < -0.3 is 10.5 Å². The van der Waals surface area contributed by atoms with E-state index in [0.29, 0.717) is 5.69 Å². The van der Waals surface area contributed by atoms with Crippen LogP contribution in [0.3, 0.4) is 0 Å². The Kier molecular flexibility index (Phi) is 4.76. The quantitative estimate of drug-likeness (QED) is 0.872. The Hall–Kier alpha value is -1.07. The third-order valence-corrected chi connectivity index (χ3v) is 2.63. The molecule has 18 heavy (non-hydrogen) atoms. The molecular formula is C13H19BrN2O2. The molecule has 0 saturated heterocycles. The fourth-order valence-electron chi connectivity index (χ4n) is 1.45. The first-order valence-corrected chi connectivity index (χ1v) is 6.53. The van der Waals surface area contributed by atoms with Gasteiger partial charge in [0.1, 0.15) is 5.60 Å². The first kappa shape index (κ1) is 15.0. The van der Waals surface area contributed by atoms with E-state index in [1.807, 2.05) is 45.9 Å². The Bertz CT molecular complexity index is 439. The van der Waals surface area contributed by atoms with E-state index in [2.05, 4.69) is 21.2 Å². The van der Waals surface area contributed by atoms with Crippen molar-refractivity contribution in [2.75, 3.05) is 5.32 Å². The van der Waals surface area contributed by atoms with Gasteiger partial charge in [-0.05, 0) is 45.4 Å². The van der Waals surface area contributed by atoms with Crippen LogP contribution in [0, 0.1) is 0 Å². The Morgan fingerprint density at radius 3 is 2.56 bits per heavy atom. The summed E-state index contributed by atoms with van der Waals surface area (Å²) in [5, 5.41) is 2.72. The molecule has 5 heteroatoms. The highest BCUT2D eigenvalue weighted by atomic mass is 79.9. The largest absolute Gasteiger partial charge is 0.444 e. The summed E-state index contributed by atoms with van der Waals surface area (Å²) in [6.45, 7) is 7.32. The van der Waals surface area contributed by atoms with Gasteiger partial charge >= 0.3 is 6.09 Å². The first-order valence-electron chi connectivity index (χ1n) is 5.74. The predicted molar refractivity (Wildman–Crippen MR) is 76.6 cm³/mol. The maximum atomic E-state index is 11.7. The van der Waals surface area contributed by atoms with E-state index in [1.54, 1.807) is 0 Å². The summed E-state index contributed by atoms with van der Waals surface area (Å²) in [7, 11) is 0. The van der Waals surface area contributed by atoms with Crippen LogP contribution in [0.4, 0.5) is 10.5 Å². The molecule has 0 aromatic heterocycles. The second-order valence-corrected chi connectivity index (χ2v) is 6.06. The SMILES string of the molecule is C[C@H](N)c1ccc(Br)cc1NC(=O)OC(C)(C)C. The molecule has 0 saturated carbocycles. The normalized spacial score (nSPS) is 13.0. The number of carbonyl (C=O) groups excluding carboxylic acids is 1. The first-order chi connectivity index (χ1) is 8.19. The average Bonchev–Trinajstić information content (AvgIpc) is 2.13. The number of rotatable bonds is 2. The van der Waals surface area contributed by atoms with E-state index in [1.165, 1.54) is 0 Å². The molecule has 1 aromatic rings. The molecule has 0 aliphatic rings.